The molecule has 0 radical (unpaired) electrons. The molecule has 0 spiro atoms. The fourth-order valence-corrected chi connectivity index (χ4v) is 4.10. The van der Waals surface area contributed by atoms with Crippen LogP contribution in [0.2, 0.25) is 0 Å². The molecule has 2 unspecified atom stereocenters. The Bertz CT molecular complexity index is 503. The van der Waals surface area contributed by atoms with E-state index in [0.717, 1.165) is 24.3 Å². The van der Waals surface area contributed by atoms with Crippen molar-refractivity contribution in [3.63, 3.8) is 0 Å². The van der Waals surface area contributed by atoms with E-state index in [1.807, 2.05) is 11.4 Å². The van der Waals surface area contributed by atoms with E-state index in [1.165, 1.54) is 5.56 Å². The van der Waals surface area contributed by atoms with Crippen LogP contribution in [0.25, 0.3) is 0 Å². The topological polar surface area (TPSA) is 23.6 Å². The summed E-state index contributed by atoms with van der Waals surface area (Å²) in [4.78, 5) is 15.3. The maximum absolute atomic E-state index is 12.5. The molecule has 3 nitrogen and oxygen atoms in total. The lowest BCUT2D eigenvalue weighted by Crippen LogP contribution is -2.43. The Morgan fingerprint density at radius 3 is 2.71 bits per heavy atom. The lowest BCUT2D eigenvalue weighted by molar-refractivity contribution is -0.159. The minimum atomic E-state index is -4.32. The first-order chi connectivity index (χ1) is 9.96. The molecular weight excluding hydrogens is 301 g/mol. The van der Waals surface area contributed by atoms with Gasteiger partial charge in [0.15, 0.2) is 0 Å². The summed E-state index contributed by atoms with van der Waals surface area (Å²) in [7, 11) is 0. The standard InChI is InChI=1S/C14H17F3N2OS/c15-14(16,17)9-18-6-3-12(13(18)20)19-5-1-2-11(19)10-4-7-21-8-10/h4,7-8,11-12H,1-3,5-6,9H2. The second-order valence-electron chi connectivity index (χ2n) is 5.63. The van der Waals surface area contributed by atoms with Gasteiger partial charge in [0.05, 0.1) is 6.04 Å². The second kappa shape index (κ2) is 5.61. The summed E-state index contributed by atoms with van der Waals surface area (Å²) in [5.74, 6) is -0.366. The molecule has 0 aliphatic carbocycles. The number of likely N-dealkylation sites (tertiary alicyclic amines) is 2. The monoisotopic (exact) mass is 318 g/mol. The van der Waals surface area contributed by atoms with Gasteiger partial charge in [-0.15, -0.1) is 0 Å². The number of carbonyl (C=O) groups excluding carboxylic acids is 1. The molecule has 116 valence electrons. The zero-order valence-electron chi connectivity index (χ0n) is 11.5. The third-order valence-corrected chi connectivity index (χ3v) is 4.96. The lowest BCUT2D eigenvalue weighted by atomic mass is 10.1. The molecule has 21 heavy (non-hydrogen) atoms. The van der Waals surface area contributed by atoms with E-state index in [9.17, 15) is 18.0 Å². The quantitative estimate of drug-likeness (QED) is 0.855. The number of nitrogens with zero attached hydrogens (tertiary/aromatic N) is 2. The third kappa shape index (κ3) is 3.08. The number of halogens is 3. The van der Waals surface area contributed by atoms with Crippen molar-refractivity contribution >= 4 is 17.2 Å². The van der Waals surface area contributed by atoms with Gasteiger partial charge >= 0.3 is 6.18 Å². The average molecular weight is 318 g/mol. The molecule has 3 rings (SSSR count). The average Bonchev–Trinajstić information content (AvgIpc) is 3.09. The predicted octanol–water partition coefficient (Wildman–Crippen LogP) is 3.05. The van der Waals surface area contributed by atoms with Crippen LogP contribution >= 0.6 is 11.3 Å². The van der Waals surface area contributed by atoms with Gasteiger partial charge < -0.3 is 4.90 Å². The molecule has 3 heterocycles. The highest BCUT2D eigenvalue weighted by Gasteiger charge is 2.44. The summed E-state index contributed by atoms with van der Waals surface area (Å²) in [5, 5.41) is 4.06. The Balaban J connectivity index is 1.71. The maximum Gasteiger partial charge on any atom is 0.406 e. The van der Waals surface area contributed by atoms with Crippen molar-refractivity contribution in [2.45, 2.75) is 37.5 Å². The van der Waals surface area contributed by atoms with Gasteiger partial charge in [0, 0.05) is 12.6 Å². The first kappa shape index (κ1) is 14.8. The highest BCUT2D eigenvalue weighted by atomic mass is 32.1. The molecule has 2 aliphatic rings. The molecule has 0 N–H and O–H groups in total. The molecule has 1 aromatic rings. The van der Waals surface area contributed by atoms with Crippen molar-refractivity contribution in [1.29, 1.82) is 0 Å². The van der Waals surface area contributed by atoms with Gasteiger partial charge in [-0.25, -0.2) is 0 Å². The first-order valence-electron chi connectivity index (χ1n) is 7.09. The molecule has 7 heteroatoms. The summed E-state index contributed by atoms with van der Waals surface area (Å²) < 4.78 is 37.4. The van der Waals surface area contributed by atoms with Crippen LogP contribution in [0.1, 0.15) is 30.9 Å². The van der Waals surface area contributed by atoms with Crippen molar-refractivity contribution < 1.29 is 18.0 Å². The van der Waals surface area contributed by atoms with Crippen LogP contribution < -0.4 is 0 Å². The van der Waals surface area contributed by atoms with E-state index in [1.54, 1.807) is 11.3 Å². The summed E-state index contributed by atoms with van der Waals surface area (Å²) >= 11 is 1.61. The SMILES string of the molecule is O=C1C(N2CCCC2c2ccsc2)CCN1CC(F)(F)F. The van der Waals surface area contributed by atoms with Crippen LogP contribution in [0.3, 0.4) is 0 Å². The van der Waals surface area contributed by atoms with E-state index in [4.69, 9.17) is 0 Å². The minimum Gasteiger partial charge on any atom is -0.332 e. The Labute approximate surface area is 125 Å². The summed E-state index contributed by atoms with van der Waals surface area (Å²) in [5.41, 5.74) is 1.18. The number of alkyl halides is 3. The van der Waals surface area contributed by atoms with Gasteiger partial charge in [0.1, 0.15) is 6.54 Å². The predicted molar refractivity (Wildman–Crippen MR) is 74.0 cm³/mol. The molecule has 1 aromatic heterocycles. The number of amides is 1. The van der Waals surface area contributed by atoms with Crippen molar-refractivity contribution in [3.05, 3.63) is 22.4 Å². The number of rotatable bonds is 3. The molecule has 2 aliphatic heterocycles. The zero-order chi connectivity index (χ0) is 15.0. The Hall–Kier alpha value is -1.08. The molecular formula is C14H17F3N2OS. The number of hydrogen-bond acceptors (Lipinski definition) is 3. The minimum absolute atomic E-state index is 0.177. The van der Waals surface area contributed by atoms with Gasteiger partial charge in [0.25, 0.3) is 0 Å². The molecule has 2 saturated heterocycles. The smallest absolute Gasteiger partial charge is 0.332 e. The van der Waals surface area contributed by atoms with E-state index < -0.39 is 12.7 Å². The fourth-order valence-electron chi connectivity index (χ4n) is 3.39. The normalized spacial score (nSPS) is 27.8. The van der Waals surface area contributed by atoms with Gasteiger partial charge in [-0.05, 0) is 48.2 Å². The van der Waals surface area contributed by atoms with Crippen molar-refractivity contribution in [2.75, 3.05) is 19.6 Å². The maximum atomic E-state index is 12.5. The zero-order valence-corrected chi connectivity index (χ0v) is 12.3. The molecule has 0 bridgehead atoms. The molecule has 2 atom stereocenters. The Morgan fingerprint density at radius 1 is 1.24 bits per heavy atom. The Kier molecular flexibility index (Phi) is 3.96. The van der Waals surface area contributed by atoms with Crippen LogP contribution in [-0.2, 0) is 4.79 Å². The third-order valence-electron chi connectivity index (χ3n) is 4.26. The fraction of sp³-hybridized carbons (Fsp3) is 0.643. The van der Waals surface area contributed by atoms with Crippen LogP contribution in [-0.4, -0.2) is 47.6 Å². The van der Waals surface area contributed by atoms with Gasteiger partial charge in [-0.1, -0.05) is 0 Å². The number of carbonyl (C=O) groups is 1. The van der Waals surface area contributed by atoms with Gasteiger partial charge in [0.2, 0.25) is 5.91 Å². The Morgan fingerprint density at radius 2 is 2.05 bits per heavy atom. The van der Waals surface area contributed by atoms with Crippen molar-refractivity contribution in [3.8, 4) is 0 Å². The number of hydrogen-bond donors (Lipinski definition) is 0. The van der Waals surface area contributed by atoms with Crippen LogP contribution in [0.4, 0.5) is 13.2 Å². The summed E-state index contributed by atoms with van der Waals surface area (Å²) in [6, 6.07) is 1.83. The van der Waals surface area contributed by atoms with E-state index in [-0.39, 0.29) is 24.5 Å². The van der Waals surface area contributed by atoms with Crippen LogP contribution in [0.15, 0.2) is 16.8 Å². The summed E-state index contributed by atoms with van der Waals surface area (Å²) in [6.07, 6.45) is -1.86. The largest absolute Gasteiger partial charge is 0.406 e. The summed E-state index contributed by atoms with van der Waals surface area (Å²) in [6.45, 7) is -0.133. The van der Waals surface area contributed by atoms with E-state index in [2.05, 4.69) is 10.3 Å². The van der Waals surface area contributed by atoms with Gasteiger partial charge in [-0.2, -0.15) is 24.5 Å². The second-order valence-corrected chi connectivity index (χ2v) is 6.41. The van der Waals surface area contributed by atoms with Crippen LogP contribution in [0, 0.1) is 0 Å². The highest BCUT2D eigenvalue weighted by molar-refractivity contribution is 7.07. The molecule has 0 saturated carbocycles. The highest BCUT2D eigenvalue weighted by Crippen LogP contribution is 2.37. The van der Waals surface area contributed by atoms with Crippen LogP contribution in [0.5, 0.6) is 0 Å². The van der Waals surface area contributed by atoms with Crippen molar-refractivity contribution in [1.82, 2.24) is 9.80 Å². The van der Waals surface area contributed by atoms with E-state index >= 15 is 0 Å². The lowest BCUT2D eigenvalue weighted by Gasteiger charge is -2.29. The van der Waals surface area contributed by atoms with Crippen molar-refractivity contribution in [2.24, 2.45) is 0 Å². The first-order valence-corrected chi connectivity index (χ1v) is 8.03. The number of thiophene rings is 1. The van der Waals surface area contributed by atoms with Gasteiger partial charge in [-0.3, -0.25) is 9.69 Å². The van der Waals surface area contributed by atoms with E-state index in [0.29, 0.717) is 6.42 Å². The molecule has 2 fully saturated rings. The molecule has 1 amide bonds. The molecule has 0 aromatic carbocycles.